The van der Waals surface area contributed by atoms with Crippen molar-refractivity contribution in [3.63, 3.8) is 0 Å². The molecule has 0 fully saturated rings. The van der Waals surface area contributed by atoms with Crippen LogP contribution in [0.3, 0.4) is 0 Å². The highest BCUT2D eigenvalue weighted by atomic mass is 32.1. The van der Waals surface area contributed by atoms with Crippen molar-refractivity contribution >= 4 is 28.5 Å². The predicted molar refractivity (Wildman–Crippen MR) is 71.2 cm³/mol. The van der Waals surface area contributed by atoms with E-state index in [1.54, 1.807) is 14.1 Å². The van der Waals surface area contributed by atoms with Gasteiger partial charge in [0.1, 0.15) is 0 Å². The molecule has 1 rings (SSSR count). The zero-order valence-corrected chi connectivity index (χ0v) is 11.8. The van der Waals surface area contributed by atoms with Gasteiger partial charge in [-0.15, -0.1) is 5.10 Å². The standard InChI is InChI=1S/C10H17N5O3S/c1-4-6(5-16)11-8(17)7-9(19-14-13-7)12-10(18)15(2)3/h6,16H,4-5H2,1-3H3,(H,11,17)(H,12,18). The van der Waals surface area contributed by atoms with Crippen LogP contribution in [0.4, 0.5) is 9.80 Å². The van der Waals surface area contributed by atoms with Crippen LogP contribution in [0.2, 0.25) is 0 Å². The number of rotatable bonds is 5. The molecule has 106 valence electrons. The zero-order valence-electron chi connectivity index (χ0n) is 11.0. The van der Waals surface area contributed by atoms with Crippen LogP contribution in [0.15, 0.2) is 0 Å². The van der Waals surface area contributed by atoms with Crippen molar-refractivity contribution in [2.24, 2.45) is 0 Å². The molecule has 1 aromatic heterocycles. The Balaban J connectivity index is 2.76. The summed E-state index contributed by atoms with van der Waals surface area (Å²) in [6.45, 7) is 1.69. The fourth-order valence-corrected chi connectivity index (χ4v) is 1.72. The van der Waals surface area contributed by atoms with Crippen molar-refractivity contribution in [2.75, 3.05) is 26.0 Å². The third-order valence-corrected chi connectivity index (χ3v) is 3.02. The molecule has 0 radical (unpaired) electrons. The van der Waals surface area contributed by atoms with Gasteiger partial charge in [-0.05, 0) is 6.42 Å². The Bertz CT molecular complexity index is 444. The van der Waals surface area contributed by atoms with E-state index in [-0.39, 0.29) is 29.4 Å². The largest absolute Gasteiger partial charge is 0.394 e. The van der Waals surface area contributed by atoms with Gasteiger partial charge in [0.05, 0.1) is 12.6 Å². The number of carbonyl (C=O) groups excluding carboxylic acids is 2. The van der Waals surface area contributed by atoms with E-state index in [2.05, 4.69) is 20.2 Å². The lowest BCUT2D eigenvalue weighted by Crippen LogP contribution is -2.37. The Morgan fingerprint density at radius 3 is 2.68 bits per heavy atom. The molecule has 3 N–H and O–H groups in total. The van der Waals surface area contributed by atoms with E-state index in [1.807, 2.05) is 6.92 Å². The first-order chi connectivity index (χ1) is 8.99. The van der Waals surface area contributed by atoms with Gasteiger partial charge in [-0.3, -0.25) is 10.1 Å². The van der Waals surface area contributed by atoms with Gasteiger partial charge in [0.25, 0.3) is 5.91 Å². The number of hydrogen-bond donors (Lipinski definition) is 3. The Morgan fingerprint density at radius 2 is 2.16 bits per heavy atom. The summed E-state index contributed by atoms with van der Waals surface area (Å²) in [5.74, 6) is -0.469. The monoisotopic (exact) mass is 287 g/mol. The third-order valence-electron chi connectivity index (χ3n) is 2.38. The average Bonchev–Trinajstić information content (AvgIpc) is 2.83. The molecule has 0 saturated heterocycles. The van der Waals surface area contributed by atoms with E-state index in [9.17, 15) is 9.59 Å². The van der Waals surface area contributed by atoms with Crippen LogP contribution in [0.5, 0.6) is 0 Å². The predicted octanol–water partition coefficient (Wildman–Crippen LogP) is 0.132. The van der Waals surface area contributed by atoms with Crippen molar-refractivity contribution in [3.8, 4) is 0 Å². The minimum Gasteiger partial charge on any atom is -0.394 e. The van der Waals surface area contributed by atoms with Gasteiger partial charge in [0.2, 0.25) is 0 Å². The van der Waals surface area contributed by atoms with E-state index in [4.69, 9.17) is 5.11 Å². The maximum Gasteiger partial charge on any atom is 0.322 e. The van der Waals surface area contributed by atoms with Crippen LogP contribution in [-0.4, -0.2) is 58.3 Å². The number of urea groups is 1. The number of carbonyl (C=O) groups is 2. The SMILES string of the molecule is CCC(CO)NC(=O)c1nnsc1NC(=O)N(C)C. The average molecular weight is 287 g/mol. The molecule has 1 aromatic rings. The molecular formula is C10H17N5O3S. The minimum absolute atomic E-state index is 0.0482. The molecule has 1 heterocycles. The van der Waals surface area contributed by atoms with Gasteiger partial charge >= 0.3 is 6.03 Å². The van der Waals surface area contributed by atoms with Gasteiger partial charge < -0.3 is 15.3 Å². The van der Waals surface area contributed by atoms with E-state index in [1.165, 1.54) is 4.90 Å². The third kappa shape index (κ3) is 4.14. The smallest absolute Gasteiger partial charge is 0.322 e. The zero-order chi connectivity index (χ0) is 14.4. The molecule has 0 aliphatic heterocycles. The summed E-state index contributed by atoms with van der Waals surface area (Å²) < 4.78 is 3.65. The summed E-state index contributed by atoms with van der Waals surface area (Å²) in [5.41, 5.74) is 0.0482. The molecule has 19 heavy (non-hydrogen) atoms. The fraction of sp³-hybridized carbons (Fsp3) is 0.600. The molecule has 8 nitrogen and oxygen atoms in total. The van der Waals surface area contributed by atoms with Crippen LogP contribution < -0.4 is 10.6 Å². The highest BCUT2D eigenvalue weighted by molar-refractivity contribution is 7.10. The molecule has 0 bridgehead atoms. The van der Waals surface area contributed by atoms with Crippen LogP contribution in [0.1, 0.15) is 23.8 Å². The van der Waals surface area contributed by atoms with Crippen LogP contribution in [0.25, 0.3) is 0 Å². The van der Waals surface area contributed by atoms with E-state index < -0.39 is 5.91 Å². The van der Waals surface area contributed by atoms with Crippen molar-refractivity contribution < 1.29 is 14.7 Å². The number of nitrogens with zero attached hydrogens (tertiary/aromatic N) is 3. The second-order valence-electron chi connectivity index (χ2n) is 4.04. The second-order valence-corrected chi connectivity index (χ2v) is 4.79. The Hall–Kier alpha value is -1.74. The summed E-state index contributed by atoms with van der Waals surface area (Å²) in [7, 11) is 3.17. The molecule has 3 amide bonds. The first-order valence-corrected chi connectivity index (χ1v) is 6.49. The molecule has 0 saturated carbocycles. The van der Waals surface area contributed by atoms with Crippen LogP contribution >= 0.6 is 11.5 Å². The molecule has 0 aliphatic rings. The minimum atomic E-state index is -0.469. The van der Waals surface area contributed by atoms with Crippen LogP contribution in [0, 0.1) is 0 Å². The van der Waals surface area contributed by atoms with Crippen LogP contribution in [-0.2, 0) is 0 Å². The number of amides is 3. The van der Waals surface area contributed by atoms with Crippen molar-refractivity contribution in [3.05, 3.63) is 5.69 Å². The topological polar surface area (TPSA) is 107 Å². The Kier molecular flexibility index (Phi) is 5.64. The maximum atomic E-state index is 11.9. The lowest BCUT2D eigenvalue weighted by Gasteiger charge is -2.14. The van der Waals surface area contributed by atoms with Gasteiger partial charge in [-0.25, -0.2) is 4.79 Å². The van der Waals surface area contributed by atoms with Crippen molar-refractivity contribution in [1.29, 1.82) is 0 Å². The first kappa shape index (κ1) is 15.3. The van der Waals surface area contributed by atoms with Crippen molar-refractivity contribution in [1.82, 2.24) is 19.8 Å². The molecular weight excluding hydrogens is 270 g/mol. The highest BCUT2D eigenvalue weighted by Gasteiger charge is 2.20. The summed E-state index contributed by atoms with van der Waals surface area (Å²) in [6.07, 6.45) is 0.596. The summed E-state index contributed by atoms with van der Waals surface area (Å²) >= 11 is 0.923. The maximum absolute atomic E-state index is 11.9. The van der Waals surface area contributed by atoms with E-state index >= 15 is 0 Å². The Morgan fingerprint density at radius 1 is 1.47 bits per heavy atom. The quantitative estimate of drug-likeness (QED) is 0.713. The number of aromatic nitrogens is 2. The first-order valence-electron chi connectivity index (χ1n) is 5.72. The number of anilines is 1. The van der Waals surface area contributed by atoms with Gasteiger partial charge in [0, 0.05) is 25.6 Å². The van der Waals surface area contributed by atoms with Gasteiger partial charge in [0.15, 0.2) is 10.7 Å². The lowest BCUT2D eigenvalue weighted by atomic mass is 10.2. The molecule has 0 aromatic carbocycles. The highest BCUT2D eigenvalue weighted by Crippen LogP contribution is 2.18. The lowest BCUT2D eigenvalue weighted by molar-refractivity contribution is 0.0910. The summed E-state index contributed by atoms with van der Waals surface area (Å²) in [6, 6.07) is -0.708. The van der Waals surface area contributed by atoms with Gasteiger partial charge in [-0.1, -0.05) is 11.4 Å². The van der Waals surface area contributed by atoms with Crippen molar-refractivity contribution in [2.45, 2.75) is 19.4 Å². The van der Waals surface area contributed by atoms with E-state index in [0.29, 0.717) is 6.42 Å². The Labute approximate surface area is 115 Å². The van der Waals surface area contributed by atoms with Gasteiger partial charge in [-0.2, -0.15) is 0 Å². The summed E-state index contributed by atoms with van der Waals surface area (Å²) in [4.78, 5) is 24.8. The molecule has 1 atom stereocenters. The van der Waals surface area contributed by atoms with E-state index in [0.717, 1.165) is 11.5 Å². The normalized spacial score (nSPS) is 11.8. The molecule has 0 aliphatic carbocycles. The molecule has 0 spiro atoms. The summed E-state index contributed by atoms with van der Waals surface area (Å²) in [5, 5.41) is 18.2. The number of aliphatic hydroxyl groups is 1. The number of hydrogen-bond acceptors (Lipinski definition) is 6. The second kappa shape index (κ2) is 7.00. The molecule has 9 heteroatoms. The fourth-order valence-electron chi connectivity index (χ4n) is 1.16. The molecule has 1 unspecified atom stereocenters. The number of nitrogens with one attached hydrogen (secondary N) is 2. The number of aliphatic hydroxyl groups excluding tert-OH is 1.